The molecule has 0 aromatic heterocycles. The zero-order valence-corrected chi connectivity index (χ0v) is 35.4. The largest absolute Gasteiger partial charge is 0.456 e. The van der Waals surface area contributed by atoms with Crippen LogP contribution in [0.4, 0.5) is 0 Å². The molecule has 1 amide bonds. The minimum atomic E-state index is -2.51. The van der Waals surface area contributed by atoms with Gasteiger partial charge in [0.1, 0.15) is 24.0 Å². The van der Waals surface area contributed by atoms with Gasteiger partial charge in [-0.2, -0.15) is 0 Å². The van der Waals surface area contributed by atoms with Gasteiger partial charge in [-0.1, -0.05) is 44.6 Å². The lowest BCUT2D eigenvalue weighted by molar-refractivity contribution is -0.302. The lowest BCUT2D eigenvalue weighted by Gasteiger charge is -2.47. The monoisotopic (exact) mass is 803 g/mol. The number of methoxy groups -OCH3 is 3. The predicted octanol–water partition coefficient (Wildman–Crippen LogP) is 4.64. The minimum absolute atomic E-state index is 0.00988. The van der Waals surface area contributed by atoms with Crippen LogP contribution in [0.5, 0.6) is 0 Å². The number of nitrogens with zero attached hydrogens (tertiary/aromatic N) is 1. The van der Waals surface area contributed by atoms with E-state index in [-0.39, 0.29) is 49.5 Å². The molecule has 57 heavy (non-hydrogen) atoms. The summed E-state index contributed by atoms with van der Waals surface area (Å²) in [5, 5.41) is 34.1. The number of fused-ring (bicyclic) bond motifs is 3. The van der Waals surface area contributed by atoms with Crippen LogP contribution in [-0.2, 0) is 42.9 Å². The highest BCUT2D eigenvalue weighted by atomic mass is 16.7. The first-order chi connectivity index (χ1) is 27.0. The highest BCUT2D eigenvalue weighted by Gasteiger charge is 2.56. The van der Waals surface area contributed by atoms with E-state index in [2.05, 4.69) is 6.58 Å². The smallest absolute Gasteiger partial charge is 0.329 e. The molecule has 0 spiro atoms. The molecular weight excluding hydrogens is 734 g/mol. The van der Waals surface area contributed by atoms with Crippen molar-refractivity contribution >= 4 is 23.4 Å². The second-order valence-electron chi connectivity index (χ2n) is 17.3. The number of carbonyl (C=O) groups excluding carboxylic acids is 4. The molecule has 4 rings (SSSR count). The molecular formula is C44H69NO12. The van der Waals surface area contributed by atoms with Gasteiger partial charge in [0.2, 0.25) is 5.79 Å². The molecule has 3 fully saturated rings. The van der Waals surface area contributed by atoms with E-state index in [4.69, 9.17) is 23.7 Å². The number of ketones is 2. The maximum Gasteiger partial charge on any atom is 0.329 e. The Balaban J connectivity index is 1.78. The topological polar surface area (TPSA) is 178 Å². The summed E-state index contributed by atoms with van der Waals surface area (Å²) in [4.78, 5) is 57.8. The average molecular weight is 804 g/mol. The van der Waals surface area contributed by atoms with Crippen LogP contribution in [0.25, 0.3) is 0 Å². The van der Waals surface area contributed by atoms with Crippen molar-refractivity contribution in [3.8, 4) is 0 Å². The number of hydrogen-bond donors (Lipinski definition) is 3. The maximum absolute atomic E-state index is 14.3. The summed E-state index contributed by atoms with van der Waals surface area (Å²) in [5.41, 5.74) is 1.61. The number of carbonyl (C=O) groups is 4. The summed E-state index contributed by atoms with van der Waals surface area (Å²) < 4.78 is 29.7. The number of rotatable bonds is 7. The van der Waals surface area contributed by atoms with Gasteiger partial charge >= 0.3 is 5.97 Å². The van der Waals surface area contributed by atoms with Crippen LogP contribution in [0.1, 0.15) is 105 Å². The van der Waals surface area contributed by atoms with Gasteiger partial charge in [-0.25, -0.2) is 4.79 Å². The van der Waals surface area contributed by atoms with E-state index in [1.54, 1.807) is 27.0 Å². The summed E-state index contributed by atoms with van der Waals surface area (Å²) in [7, 11) is 4.61. The first kappa shape index (κ1) is 46.9. The first-order valence-electron chi connectivity index (χ1n) is 20.9. The summed E-state index contributed by atoms with van der Waals surface area (Å²) in [6.07, 6.45) is 4.93. The SMILES string of the molecule is C=CC[C@@H]1/C=C(\C)C[C@@H](C)C[C@H](OC)[C@H]2O[C@@](O)(C(=O)C(=O)N3CCCCC3C(=O)O[C@H](/C(C)=C/[C@@H]3CC[C@@H](O)[C@H](OC)C3)[C@H](C)[C@@H](O)CC1=O)[C@H](C)C[C@@H]2OC. The van der Waals surface area contributed by atoms with Gasteiger partial charge in [0, 0.05) is 52.0 Å². The van der Waals surface area contributed by atoms with Crippen molar-refractivity contribution in [1.82, 2.24) is 4.90 Å². The van der Waals surface area contributed by atoms with Gasteiger partial charge < -0.3 is 43.9 Å². The Hall–Kier alpha value is -2.78. The molecule has 0 aromatic carbocycles. The lowest BCUT2D eigenvalue weighted by atomic mass is 9.81. The van der Waals surface area contributed by atoms with Gasteiger partial charge in [-0.15, -0.1) is 6.58 Å². The van der Waals surface area contributed by atoms with E-state index in [9.17, 15) is 34.5 Å². The molecule has 1 unspecified atom stereocenters. The van der Waals surface area contributed by atoms with Crippen molar-refractivity contribution in [2.45, 2.75) is 160 Å². The number of cyclic esters (lactones) is 1. The molecule has 1 aliphatic carbocycles. The third-order valence-electron chi connectivity index (χ3n) is 12.9. The zero-order valence-electron chi connectivity index (χ0n) is 35.4. The third-order valence-corrected chi connectivity index (χ3v) is 12.9. The van der Waals surface area contributed by atoms with E-state index in [1.165, 1.54) is 19.1 Å². The minimum Gasteiger partial charge on any atom is -0.456 e. The molecule has 0 radical (unpaired) electrons. The molecule has 13 heteroatoms. The van der Waals surface area contributed by atoms with Crippen LogP contribution in [0.15, 0.2) is 36.0 Å². The lowest BCUT2D eigenvalue weighted by Crippen LogP contribution is -2.64. The Bertz CT molecular complexity index is 1480. The van der Waals surface area contributed by atoms with Crippen LogP contribution >= 0.6 is 0 Å². The van der Waals surface area contributed by atoms with Crippen molar-refractivity contribution in [1.29, 1.82) is 0 Å². The number of aliphatic hydroxyl groups is 3. The van der Waals surface area contributed by atoms with E-state index in [1.807, 2.05) is 32.9 Å². The van der Waals surface area contributed by atoms with E-state index in [0.717, 1.165) is 5.57 Å². The Morgan fingerprint density at radius 1 is 0.930 bits per heavy atom. The molecule has 13 nitrogen and oxygen atoms in total. The van der Waals surface area contributed by atoms with Gasteiger partial charge in [0.25, 0.3) is 11.7 Å². The highest BCUT2D eigenvalue weighted by Crippen LogP contribution is 2.39. The number of Topliss-reactive ketones (excluding diaryl/α,β-unsaturated/α-hetero) is 2. The summed E-state index contributed by atoms with van der Waals surface area (Å²) in [6.45, 7) is 13.1. The molecule has 322 valence electrons. The number of esters is 1. The first-order valence-corrected chi connectivity index (χ1v) is 20.9. The third kappa shape index (κ3) is 11.3. The number of hydrogen-bond acceptors (Lipinski definition) is 12. The molecule has 4 aliphatic rings. The second-order valence-corrected chi connectivity index (χ2v) is 17.3. The Morgan fingerprint density at radius 2 is 1.60 bits per heavy atom. The number of allylic oxidation sites excluding steroid dienone is 4. The molecule has 3 N–H and O–H groups in total. The average Bonchev–Trinajstić information content (AvgIpc) is 3.18. The number of amides is 1. The molecule has 3 aliphatic heterocycles. The molecule has 2 bridgehead atoms. The summed E-state index contributed by atoms with van der Waals surface area (Å²) in [5.74, 6) is -7.76. The van der Waals surface area contributed by atoms with Gasteiger partial charge in [0.15, 0.2) is 0 Å². The maximum atomic E-state index is 14.3. The van der Waals surface area contributed by atoms with Crippen molar-refractivity contribution in [2.75, 3.05) is 27.9 Å². The quantitative estimate of drug-likeness (QED) is 0.185. The normalized spacial score (nSPS) is 41.0. The van der Waals surface area contributed by atoms with Crippen LogP contribution in [-0.4, -0.2) is 126 Å². The van der Waals surface area contributed by atoms with E-state index in [0.29, 0.717) is 56.9 Å². The van der Waals surface area contributed by atoms with Gasteiger partial charge in [0.05, 0.1) is 30.5 Å². The Labute approximate surface area is 339 Å². The fourth-order valence-corrected chi connectivity index (χ4v) is 9.42. The molecule has 0 aromatic rings. The summed E-state index contributed by atoms with van der Waals surface area (Å²) >= 11 is 0. The zero-order chi connectivity index (χ0) is 42.2. The van der Waals surface area contributed by atoms with Crippen molar-refractivity contribution in [3.05, 3.63) is 36.0 Å². The van der Waals surface area contributed by atoms with Crippen LogP contribution < -0.4 is 0 Å². The Morgan fingerprint density at radius 3 is 2.25 bits per heavy atom. The second kappa shape index (κ2) is 21.0. The molecule has 2 saturated heterocycles. The highest BCUT2D eigenvalue weighted by molar-refractivity contribution is 6.39. The fourth-order valence-electron chi connectivity index (χ4n) is 9.42. The van der Waals surface area contributed by atoms with E-state index < -0.39 is 83.9 Å². The van der Waals surface area contributed by atoms with Crippen LogP contribution in [0.3, 0.4) is 0 Å². The van der Waals surface area contributed by atoms with E-state index >= 15 is 0 Å². The fraction of sp³-hybridized carbons (Fsp3) is 0.773. The van der Waals surface area contributed by atoms with Gasteiger partial charge in [-0.05, 0) is 95.5 Å². The standard InChI is InChI=1S/C44H69NO12/c1-10-13-31-19-25(2)18-26(3)20-37(54-8)40-38(55-9)22-28(5)44(52,57-40)41(49)42(50)45-17-12-11-14-32(45)43(51)56-39(29(6)34(47)24-35(31)48)27(4)21-30-15-16-33(46)36(23-30)53-7/h10,19,21,26,28-34,36-40,46-47,52H,1,11-18,20,22-24H2,2-9H3/b25-19+,27-21+/t26-,28-,29-,30+,31-,32?,33-,34+,36-,37+,38+,39-,40-,44-/m1/s1. The van der Waals surface area contributed by atoms with Crippen molar-refractivity contribution < 1.29 is 58.2 Å². The number of aliphatic hydroxyl groups excluding tert-OH is 2. The predicted molar refractivity (Wildman–Crippen MR) is 213 cm³/mol. The van der Waals surface area contributed by atoms with Crippen LogP contribution in [0.2, 0.25) is 0 Å². The molecule has 1 saturated carbocycles. The van der Waals surface area contributed by atoms with Crippen LogP contribution in [0, 0.1) is 29.6 Å². The summed E-state index contributed by atoms with van der Waals surface area (Å²) in [6, 6.07) is -1.14. The molecule has 3 heterocycles. The van der Waals surface area contributed by atoms with Gasteiger partial charge in [-0.3, -0.25) is 14.4 Å². The van der Waals surface area contributed by atoms with Crippen molar-refractivity contribution in [3.63, 3.8) is 0 Å². The number of ether oxygens (including phenoxy) is 5. The Kier molecular flexibility index (Phi) is 17.2. The molecule has 14 atom stereocenters. The van der Waals surface area contributed by atoms with Crippen molar-refractivity contribution in [2.24, 2.45) is 29.6 Å². The number of piperidine rings is 1.